The van der Waals surface area contributed by atoms with Crippen molar-refractivity contribution in [2.24, 2.45) is 5.92 Å². The molecule has 1 aromatic heterocycles. The Labute approximate surface area is 133 Å². The summed E-state index contributed by atoms with van der Waals surface area (Å²) >= 11 is 4.85. The zero-order valence-electron chi connectivity index (χ0n) is 11.6. The first-order valence-corrected chi connectivity index (χ1v) is 10.1. The Hall–Kier alpha value is 0.0500. The van der Waals surface area contributed by atoms with Crippen LogP contribution < -0.4 is 10.0 Å². The molecule has 20 heavy (non-hydrogen) atoms. The van der Waals surface area contributed by atoms with E-state index in [9.17, 15) is 8.42 Å². The molecule has 7 heteroatoms. The first kappa shape index (κ1) is 16.4. The van der Waals surface area contributed by atoms with Gasteiger partial charge < -0.3 is 5.32 Å². The van der Waals surface area contributed by atoms with Gasteiger partial charge in [-0.15, -0.1) is 11.3 Å². The molecular formula is C13H21BrN2O2S2. The highest BCUT2D eigenvalue weighted by atomic mass is 79.9. The van der Waals surface area contributed by atoms with Gasteiger partial charge in [-0.3, -0.25) is 0 Å². The zero-order valence-corrected chi connectivity index (χ0v) is 14.8. The second-order valence-electron chi connectivity index (χ2n) is 5.16. The number of nitrogens with one attached hydrogen (secondary N) is 2. The van der Waals surface area contributed by atoms with Crippen LogP contribution in [0.15, 0.2) is 14.7 Å². The zero-order chi connectivity index (χ0) is 14.6. The van der Waals surface area contributed by atoms with E-state index in [1.54, 1.807) is 6.07 Å². The highest BCUT2D eigenvalue weighted by Crippen LogP contribution is 2.33. The van der Waals surface area contributed by atoms with Crippen molar-refractivity contribution < 1.29 is 8.42 Å². The summed E-state index contributed by atoms with van der Waals surface area (Å²) in [6.45, 7) is 4.31. The minimum absolute atomic E-state index is 0.367. The maximum absolute atomic E-state index is 12.2. The lowest BCUT2D eigenvalue weighted by atomic mass is 10.3. The van der Waals surface area contributed by atoms with Crippen molar-refractivity contribution in [2.75, 3.05) is 13.1 Å². The van der Waals surface area contributed by atoms with Crippen LogP contribution in [0.25, 0.3) is 0 Å². The number of halogens is 1. The fourth-order valence-corrected chi connectivity index (χ4v) is 5.64. The monoisotopic (exact) mass is 380 g/mol. The normalized spacial score (nSPS) is 15.7. The van der Waals surface area contributed by atoms with Crippen LogP contribution in [0.2, 0.25) is 0 Å². The number of rotatable bonds is 9. The molecule has 0 saturated heterocycles. The summed E-state index contributed by atoms with van der Waals surface area (Å²) in [5, 5.41) is 3.28. The Balaban J connectivity index is 1.94. The standard InChI is InChI=1S/C13H21BrN2O2S2/c1-2-6-15-9-11-8-12(13(14)19-11)20(17,18)16-7-5-10-3-4-10/h8,10,15-16H,2-7,9H2,1H3. The third kappa shape index (κ3) is 4.80. The molecule has 4 nitrogen and oxygen atoms in total. The van der Waals surface area contributed by atoms with Gasteiger partial charge in [-0.25, -0.2) is 13.1 Å². The maximum atomic E-state index is 12.2. The Morgan fingerprint density at radius 2 is 2.15 bits per heavy atom. The lowest BCUT2D eigenvalue weighted by molar-refractivity contribution is 0.575. The third-order valence-electron chi connectivity index (χ3n) is 3.26. The van der Waals surface area contributed by atoms with E-state index >= 15 is 0 Å². The van der Waals surface area contributed by atoms with Gasteiger partial charge in [-0.2, -0.15) is 0 Å². The van der Waals surface area contributed by atoms with Crippen molar-refractivity contribution in [3.8, 4) is 0 Å². The Bertz CT molecular complexity index is 539. The molecule has 1 aliphatic rings. The number of sulfonamides is 1. The Morgan fingerprint density at radius 1 is 1.40 bits per heavy atom. The second-order valence-corrected chi connectivity index (χ2v) is 9.35. The molecule has 1 aliphatic carbocycles. The SMILES string of the molecule is CCCNCc1cc(S(=O)(=O)NCCC2CC2)c(Br)s1. The highest BCUT2D eigenvalue weighted by molar-refractivity contribution is 9.11. The molecule has 1 heterocycles. The topological polar surface area (TPSA) is 58.2 Å². The molecule has 0 bridgehead atoms. The molecule has 1 saturated carbocycles. The van der Waals surface area contributed by atoms with Gasteiger partial charge in [0, 0.05) is 18.0 Å². The maximum Gasteiger partial charge on any atom is 0.242 e. The van der Waals surface area contributed by atoms with Crippen LogP contribution >= 0.6 is 27.3 Å². The van der Waals surface area contributed by atoms with Gasteiger partial charge in [0.05, 0.1) is 3.79 Å². The van der Waals surface area contributed by atoms with Crippen molar-refractivity contribution in [2.45, 2.75) is 44.0 Å². The number of thiophene rings is 1. The first-order valence-electron chi connectivity index (χ1n) is 7.01. The fourth-order valence-electron chi connectivity index (χ4n) is 1.94. The summed E-state index contributed by atoms with van der Waals surface area (Å²) < 4.78 is 27.9. The van der Waals surface area contributed by atoms with Gasteiger partial charge in [0.1, 0.15) is 4.90 Å². The smallest absolute Gasteiger partial charge is 0.242 e. The minimum atomic E-state index is -3.38. The van der Waals surface area contributed by atoms with Gasteiger partial charge in [-0.1, -0.05) is 19.8 Å². The van der Waals surface area contributed by atoms with Crippen LogP contribution in [0.3, 0.4) is 0 Å². The predicted molar refractivity (Wildman–Crippen MR) is 86.5 cm³/mol. The van der Waals surface area contributed by atoms with Crippen molar-refractivity contribution in [3.63, 3.8) is 0 Å². The van der Waals surface area contributed by atoms with E-state index in [4.69, 9.17) is 0 Å². The van der Waals surface area contributed by atoms with Gasteiger partial charge in [0.15, 0.2) is 0 Å². The summed E-state index contributed by atoms with van der Waals surface area (Å²) in [4.78, 5) is 1.40. The molecule has 1 aromatic rings. The van der Waals surface area contributed by atoms with Crippen LogP contribution in [0.4, 0.5) is 0 Å². The van der Waals surface area contributed by atoms with Crippen LogP contribution in [-0.2, 0) is 16.6 Å². The fraction of sp³-hybridized carbons (Fsp3) is 0.692. The molecule has 0 aromatic carbocycles. The van der Waals surface area contributed by atoms with E-state index in [-0.39, 0.29) is 0 Å². The summed E-state index contributed by atoms with van der Waals surface area (Å²) in [7, 11) is -3.38. The van der Waals surface area contributed by atoms with Crippen LogP contribution in [0.5, 0.6) is 0 Å². The van der Waals surface area contributed by atoms with Crippen molar-refractivity contribution in [1.82, 2.24) is 10.0 Å². The summed E-state index contributed by atoms with van der Waals surface area (Å²) in [6, 6.07) is 1.76. The summed E-state index contributed by atoms with van der Waals surface area (Å²) in [6.07, 6.45) is 4.51. The lowest BCUT2D eigenvalue weighted by Gasteiger charge is -2.04. The van der Waals surface area contributed by atoms with Crippen molar-refractivity contribution >= 4 is 37.3 Å². The highest BCUT2D eigenvalue weighted by Gasteiger charge is 2.24. The van der Waals surface area contributed by atoms with Crippen molar-refractivity contribution in [3.05, 3.63) is 14.7 Å². The van der Waals surface area contributed by atoms with Crippen LogP contribution in [-0.4, -0.2) is 21.5 Å². The molecule has 114 valence electrons. The molecule has 0 radical (unpaired) electrons. The Kier molecular flexibility index (Phi) is 6.04. The minimum Gasteiger partial charge on any atom is -0.312 e. The molecule has 0 atom stereocenters. The molecule has 2 rings (SSSR count). The van der Waals surface area contributed by atoms with Gasteiger partial charge in [0.2, 0.25) is 10.0 Å². The van der Waals surface area contributed by atoms with E-state index < -0.39 is 10.0 Å². The molecule has 0 unspecified atom stereocenters. The molecule has 1 fully saturated rings. The summed E-state index contributed by atoms with van der Waals surface area (Å²) in [5.41, 5.74) is 0. The van der Waals surface area contributed by atoms with Gasteiger partial charge >= 0.3 is 0 Å². The molecule has 0 amide bonds. The quantitative estimate of drug-likeness (QED) is 0.647. The first-order chi connectivity index (χ1) is 9.53. The van der Waals surface area contributed by atoms with Crippen molar-refractivity contribution in [1.29, 1.82) is 0 Å². The van der Waals surface area contributed by atoms with Gasteiger partial charge in [0.25, 0.3) is 0 Å². The third-order valence-corrected chi connectivity index (χ3v) is 6.98. The largest absolute Gasteiger partial charge is 0.312 e. The van der Waals surface area contributed by atoms with Crippen LogP contribution in [0.1, 0.15) is 37.5 Å². The van der Waals surface area contributed by atoms with Gasteiger partial charge in [-0.05, 0) is 47.3 Å². The van der Waals surface area contributed by atoms with E-state index in [2.05, 4.69) is 32.9 Å². The van der Waals surface area contributed by atoms with Crippen LogP contribution in [0, 0.1) is 5.92 Å². The van der Waals surface area contributed by atoms with E-state index in [0.717, 1.165) is 30.2 Å². The molecule has 0 spiro atoms. The van der Waals surface area contributed by atoms with E-state index in [1.165, 1.54) is 24.2 Å². The predicted octanol–water partition coefficient (Wildman–Crippen LogP) is 3.09. The molecule has 0 aliphatic heterocycles. The summed E-state index contributed by atoms with van der Waals surface area (Å²) in [5.74, 6) is 0.734. The molecular weight excluding hydrogens is 360 g/mol. The average molecular weight is 381 g/mol. The average Bonchev–Trinajstić information content (AvgIpc) is 3.12. The number of hydrogen-bond donors (Lipinski definition) is 2. The second kappa shape index (κ2) is 7.35. The Morgan fingerprint density at radius 3 is 2.80 bits per heavy atom. The lowest BCUT2D eigenvalue weighted by Crippen LogP contribution is -2.25. The van der Waals surface area contributed by atoms with E-state index in [1.807, 2.05) is 0 Å². The molecule has 2 N–H and O–H groups in total. The van der Waals surface area contributed by atoms with E-state index in [0.29, 0.717) is 21.8 Å². The number of hydrogen-bond acceptors (Lipinski definition) is 4.